The minimum Gasteiger partial charge on any atom is -0.496 e. The minimum atomic E-state index is -0.462. The SMILES string of the molecule is COc1cccc(Cl)c1Cn1cncc1C(N)CO. The fourth-order valence-electron chi connectivity index (χ4n) is 1.92. The predicted molar refractivity (Wildman–Crippen MR) is 73.3 cm³/mol. The van der Waals surface area contributed by atoms with Gasteiger partial charge in [0, 0.05) is 16.8 Å². The number of benzene rings is 1. The van der Waals surface area contributed by atoms with Gasteiger partial charge in [0.15, 0.2) is 0 Å². The molecule has 0 saturated carbocycles. The summed E-state index contributed by atoms with van der Waals surface area (Å²) in [5.74, 6) is 0.713. The summed E-state index contributed by atoms with van der Waals surface area (Å²) in [5.41, 5.74) is 7.44. The summed E-state index contributed by atoms with van der Waals surface area (Å²) in [6.45, 7) is 0.358. The first kappa shape index (κ1) is 13.9. The van der Waals surface area contributed by atoms with Crippen LogP contribution < -0.4 is 10.5 Å². The normalized spacial score (nSPS) is 12.4. The van der Waals surface area contributed by atoms with Crippen molar-refractivity contribution in [1.82, 2.24) is 9.55 Å². The Kier molecular flexibility index (Phi) is 4.42. The van der Waals surface area contributed by atoms with Crippen LogP contribution in [0.1, 0.15) is 17.3 Å². The molecule has 2 aromatic rings. The van der Waals surface area contributed by atoms with Gasteiger partial charge >= 0.3 is 0 Å². The van der Waals surface area contributed by atoms with Gasteiger partial charge in [-0.2, -0.15) is 0 Å². The number of aliphatic hydroxyl groups is 1. The number of aliphatic hydroxyl groups excluding tert-OH is 1. The largest absolute Gasteiger partial charge is 0.496 e. The maximum absolute atomic E-state index is 9.14. The minimum absolute atomic E-state index is 0.134. The second-order valence-electron chi connectivity index (χ2n) is 4.16. The van der Waals surface area contributed by atoms with Crippen LogP contribution in [0.2, 0.25) is 5.02 Å². The topological polar surface area (TPSA) is 73.3 Å². The third-order valence-corrected chi connectivity index (χ3v) is 3.30. The Hall–Kier alpha value is -1.56. The molecule has 0 spiro atoms. The summed E-state index contributed by atoms with van der Waals surface area (Å²) >= 11 is 6.20. The number of halogens is 1. The van der Waals surface area contributed by atoms with E-state index < -0.39 is 6.04 Å². The highest BCUT2D eigenvalue weighted by molar-refractivity contribution is 6.31. The first-order valence-corrected chi connectivity index (χ1v) is 6.23. The van der Waals surface area contributed by atoms with Crippen molar-refractivity contribution in [3.63, 3.8) is 0 Å². The lowest BCUT2D eigenvalue weighted by molar-refractivity contribution is 0.263. The number of hydrogen-bond acceptors (Lipinski definition) is 4. The molecule has 0 bridgehead atoms. The smallest absolute Gasteiger partial charge is 0.125 e. The van der Waals surface area contributed by atoms with Crippen LogP contribution in [0, 0.1) is 0 Å². The van der Waals surface area contributed by atoms with E-state index in [2.05, 4.69) is 4.98 Å². The molecule has 0 fully saturated rings. The molecule has 1 aromatic heterocycles. The quantitative estimate of drug-likeness (QED) is 0.873. The third-order valence-electron chi connectivity index (χ3n) is 2.95. The van der Waals surface area contributed by atoms with Crippen LogP contribution in [-0.4, -0.2) is 28.4 Å². The van der Waals surface area contributed by atoms with Gasteiger partial charge in [0.25, 0.3) is 0 Å². The van der Waals surface area contributed by atoms with Crippen molar-refractivity contribution >= 4 is 11.6 Å². The molecule has 1 atom stereocenters. The standard InChI is InChI=1S/C13H16ClN3O2/c1-19-13-4-2-3-10(14)9(13)6-17-8-16-5-12(17)11(15)7-18/h2-5,8,11,18H,6-7,15H2,1H3. The summed E-state index contributed by atoms with van der Waals surface area (Å²) in [4.78, 5) is 4.06. The molecule has 5 nitrogen and oxygen atoms in total. The Morgan fingerprint density at radius 2 is 2.32 bits per heavy atom. The first-order valence-electron chi connectivity index (χ1n) is 5.85. The van der Waals surface area contributed by atoms with Gasteiger partial charge in [-0.15, -0.1) is 0 Å². The molecular weight excluding hydrogens is 266 g/mol. The van der Waals surface area contributed by atoms with Gasteiger partial charge in [-0.05, 0) is 12.1 Å². The van der Waals surface area contributed by atoms with Crippen LogP contribution in [0.25, 0.3) is 0 Å². The number of aromatic nitrogens is 2. The van der Waals surface area contributed by atoms with Crippen molar-refractivity contribution < 1.29 is 9.84 Å². The van der Waals surface area contributed by atoms with Crippen molar-refractivity contribution in [3.8, 4) is 5.75 Å². The summed E-state index contributed by atoms with van der Waals surface area (Å²) in [6.07, 6.45) is 3.30. The summed E-state index contributed by atoms with van der Waals surface area (Å²) < 4.78 is 7.15. The zero-order chi connectivity index (χ0) is 13.8. The van der Waals surface area contributed by atoms with Crippen molar-refractivity contribution in [2.75, 3.05) is 13.7 Å². The van der Waals surface area contributed by atoms with Gasteiger partial charge in [-0.3, -0.25) is 0 Å². The van der Waals surface area contributed by atoms with Gasteiger partial charge < -0.3 is 20.1 Å². The lowest BCUT2D eigenvalue weighted by atomic mass is 10.2. The maximum Gasteiger partial charge on any atom is 0.125 e. The fourth-order valence-corrected chi connectivity index (χ4v) is 2.14. The van der Waals surface area contributed by atoms with Crippen LogP contribution >= 0.6 is 11.6 Å². The van der Waals surface area contributed by atoms with E-state index in [1.165, 1.54) is 0 Å². The molecule has 19 heavy (non-hydrogen) atoms. The van der Waals surface area contributed by atoms with Crippen LogP contribution in [0.5, 0.6) is 5.75 Å². The van der Waals surface area contributed by atoms with E-state index in [1.807, 2.05) is 22.8 Å². The number of nitrogens with two attached hydrogens (primary N) is 1. The highest BCUT2D eigenvalue weighted by Gasteiger charge is 2.14. The number of methoxy groups -OCH3 is 1. The van der Waals surface area contributed by atoms with Crippen LogP contribution in [0.4, 0.5) is 0 Å². The molecule has 1 aromatic carbocycles. The molecule has 0 aliphatic carbocycles. The van der Waals surface area contributed by atoms with Crippen LogP contribution in [-0.2, 0) is 6.54 Å². The number of imidazole rings is 1. The van der Waals surface area contributed by atoms with Gasteiger partial charge in [-0.1, -0.05) is 17.7 Å². The molecule has 0 saturated heterocycles. The first-order chi connectivity index (χ1) is 9.17. The van der Waals surface area contributed by atoms with E-state index in [4.69, 9.17) is 27.2 Å². The van der Waals surface area contributed by atoms with E-state index in [9.17, 15) is 0 Å². The average molecular weight is 282 g/mol. The van der Waals surface area contributed by atoms with E-state index in [0.717, 1.165) is 11.3 Å². The Morgan fingerprint density at radius 3 is 3.00 bits per heavy atom. The van der Waals surface area contributed by atoms with E-state index in [0.29, 0.717) is 17.3 Å². The lowest BCUT2D eigenvalue weighted by Gasteiger charge is -2.15. The Labute approximate surface area is 116 Å². The molecule has 102 valence electrons. The van der Waals surface area contributed by atoms with E-state index in [-0.39, 0.29) is 6.61 Å². The zero-order valence-corrected chi connectivity index (χ0v) is 11.3. The molecule has 0 amide bonds. The van der Waals surface area contributed by atoms with Crippen molar-refractivity contribution in [1.29, 1.82) is 0 Å². The summed E-state index contributed by atoms with van der Waals surface area (Å²) in [7, 11) is 1.60. The number of ether oxygens (including phenoxy) is 1. The Balaban J connectivity index is 2.34. The average Bonchev–Trinajstić information content (AvgIpc) is 2.88. The molecule has 0 aliphatic heterocycles. The maximum atomic E-state index is 9.14. The van der Waals surface area contributed by atoms with Crippen LogP contribution in [0.3, 0.4) is 0 Å². The molecule has 0 aliphatic rings. The molecular formula is C13H16ClN3O2. The van der Waals surface area contributed by atoms with Gasteiger partial charge in [0.1, 0.15) is 5.75 Å². The Morgan fingerprint density at radius 1 is 1.53 bits per heavy atom. The third kappa shape index (κ3) is 2.89. The molecule has 1 heterocycles. The summed E-state index contributed by atoms with van der Waals surface area (Å²) in [6, 6.07) is 5.03. The second-order valence-corrected chi connectivity index (χ2v) is 4.56. The fraction of sp³-hybridized carbons (Fsp3) is 0.308. The highest BCUT2D eigenvalue weighted by atomic mass is 35.5. The van der Waals surface area contributed by atoms with Gasteiger partial charge in [0.2, 0.25) is 0 Å². The number of rotatable bonds is 5. The number of nitrogens with zero attached hydrogens (tertiary/aromatic N) is 2. The lowest BCUT2D eigenvalue weighted by Crippen LogP contribution is -2.19. The molecule has 2 rings (SSSR count). The van der Waals surface area contributed by atoms with Crippen molar-refractivity contribution in [3.05, 3.63) is 47.0 Å². The number of hydrogen-bond donors (Lipinski definition) is 2. The van der Waals surface area contributed by atoms with E-state index in [1.54, 1.807) is 19.6 Å². The predicted octanol–water partition coefficient (Wildman–Crippen LogP) is 1.59. The Bertz CT molecular complexity index is 557. The van der Waals surface area contributed by atoms with Gasteiger partial charge in [-0.25, -0.2) is 4.98 Å². The molecule has 6 heteroatoms. The van der Waals surface area contributed by atoms with Crippen molar-refractivity contribution in [2.24, 2.45) is 5.73 Å². The van der Waals surface area contributed by atoms with Crippen molar-refractivity contribution in [2.45, 2.75) is 12.6 Å². The highest BCUT2D eigenvalue weighted by Crippen LogP contribution is 2.27. The monoisotopic (exact) mass is 281 g/mol. The molecule has 1 unspecified atom stereocenters. The second kappa shape index (κ2) is 6.06. The van der Waals surface area contributed by atoms with E-state index >= 15 is 0 Å². The van der Waals surface area contributed by atoms with Crippen LogP contribution in [0.15, 0.2) is 30.7 Å². The zero-order valence-electron chi connectivity index (χ0n) is 10.6. The molecule has 0 radical (unpaired) electrons. The van der Waals surface area contributed by atoms with Gasteiger partial charge in [0.05, 0.1) is 38.3 Å². The summed E-state index contributed by atoms with van der Waals surface area (Å²) in [5, 5.41) is 9.76. The molecule has 3 N–H and O–H groups in total.